The highest BCUT2D eigenvalue weighted by Crippen LogP contribution is 2.75. The van der Waals surface area contributed by atoms with Crippen molar-refractivity contribution in [1.82, 2.24) is 10.2 Å². The summed E-state index contributed by atoms with van der Waals surface area (Å²) in [7, 11) is 5.65. The normalized spacial score (nSPS) is 43.0. The monoisotopic (exact) mass is 596 g/mol. The summed E-state index contributed by atoms with van der Waals surface area (Å²) in [6.07, 6.45) is 12.0. The van der Waals surface area contributed by atoms with E-state index in [0.29, 0.717) is 18.9 Å². The quantitative estimate of drug-likeness (QED) is 0.158. The summed E-state index contributed by atoms with van der Waals surface area (Å²) in [5, 5.41) is 3.14. The van der Waals surface area contributed by atoms with Crippen molar-refractivity contribution in [2.75, 3.05) is 34.3 Å². The second-order valence-corrected chi connectivity index (χ2v) is 17.7. The Hall–Kier alpha value is -1.69. The first-order valence-corrected chi connectivity index (χ1v) is 17.2. The zero-order valence-corrected chi connectivity index (χ0v) is 29.0. The number of carbonyl (C=O) groups is 3. The van der Waals surface area contributed by atoms with Crippen LogP contribution in [-0.2, 0) is 19.1 Å². The van der Waals surface area contributed by atoms with Crippen molar-refractivity contribution >= 4 is 17.7 Å². The van der Waals surface area contributed by atoms with Crippen LogP contribution in [-0.4, -0.2) is 56.9 Å². The lowest BCUT2D eigenvalue weighted by molar-refractivity contribution is -0.196. The predicted octanol–water partition coefficient (Wildman–Crippen LogP) is 6.82. The van der Waals surface area contributed by atoms with E-state index < -0.39 is 16.7 Å². The number of allylic oxidation sites excluding steroid dienone is 2. The van der Waals surface area contributed by atoms with Crippen molar-refractivity contribution in [1.29, 1.82) is 0 Å². The van der Waals surface area contributed by atoms with E-state index in [-0.39, 0.29) is 51.2 Å². The molecule has 6 heteroatoms. The van der Waals surface area contributed by atoms with Crippen molar-refractivity contribution < 1.29 is 19.1 Å². The van der Waals surface area contributed by atoms with Gasteiger partial charge in [0.2, 0.25) is 5.91 Å². The fraction of sp³-hybridized carbons (Fsp3) is 0.865. The minimum atomic E-state index is -0.589. The smallest absolute Gasteiger partial charge is 0.312 e. The van der Waals surface area contributed by atoms with E-state index in [1.165, 1.54) is 5.57 Å². The van der Waals surface area contributed by atoms with Crippen molar-refractivity contribution in [2.45, 2.75) is 113 Å². The molecule has 0 aliphatic heterocycles. The molecule has 0 bridgehead atoms. The van der Waals surface area contributed by atoms with E-state index in [0.717, 1.165) is 64.3 Å². The molecule has 0 saturated heterocycles. The lowest BCUT2D eigenvalue weighted by Gasteiger charge is -2.71. The number of methoxy groups -OCH3 is 1. The van der Waals surface area contributed by atoms with E-state index in [2.05, 4.69) is 64.8 Å². The molecule has 0 aromatic carbocycles. The van der Waals surface area contributed by atoms with Crippen LogP contribution in [0.3, 0.4) is 0 Å². The molecule has 0 spiro atoms. The summed E-state index contributed by atoms with van der Waals surface area (Å²) in [6.45, 7) is 17.9. The van der Waals surface area contributed by atoms with Crippen molar-refractivity contribution in [3.63, 3.8) is 0 Å². The van der Waals surface area contributed by atoms with Gasteiger partial charge in [0.15, 0.2) is 5.78 Å². The molecule has 5 aliphatic rings. The van der Waals surface area contributed by atoms with E-state index in [1.807, 2.05) is 14.1 Å². The zero-order chi connectivity index (χ0) is 31.8. The Morgan fingerprint density at radius 2 is 1.63 bits per heavy atom. The number of fused-ring (bicyclic) bond motifs is 7. The van der Waals surface area contributed by atoms with Crippen molar-refractivity contribution in [2.24, 2.45) is 56.2 Å². The van der Waals surface area contributed by atoms with Crippen LogP contribution >= 0.6 is 0 Å². The van der Waals surface area contributed by atoms with Crippen molar-refractivity contribution in [3.8, 4) is 0 Å². The average Bonchev–Trinajstić information content (AvgIpc) is 2.92. The molecule has 0 aromatic rings. The topological polar surface area (TPSA) is 75.7 Å². The summed E-state index contributed by atoms with van der Waals surface area (Å²) in [5.41, 5.74) is 0.663. The first-order valence-electron chi connectivity index (χ1n) is 17.2. The van der Waals surface area contributed by atoms with Gasteiger partial charge >= 0.3 is 5.97 Å². The maximum absolute atomic E-state index is 14.0. The molecule has 4 fully saturated rings. The summed E-state index contributed by atoms with van der Waals surface area (Å²) in [6, 6.07) is 0. The summed E-state index contributed by atoms with van der Waals surface area (Å²) < 4.78 is 5.52. The number of carbonyl (C=O) groups excluding carboxylic acids is 3. The fourth-order valence-electron chi connectivity index (χ4n) is 11.7. The van der Waals surface area contributed by atoms with E-state index in [1.54, 1.807) is 7.11 Å². The summed E-state index contributed by atoms with van der Waals surface area (Å²) in [5.74, 6) is 0.314. The number of ether oxygens (including phenoxy) is 1. The lowest BCUT2D eigenvalue weighted by Crippen LogP contribution is -2.66. The highest BCUT2D eigenvalue weighted by Gasteiger charge is 2.70. The summed E-state index contributed by atoms with van der Waals surface area (Å²) in [4.78, 5) is 43.3. The third-order valence-corrected chi connectivity index (χ3v) is 14.4. The number of amides is 1. The van der Waals surface area contributed by atoms with Gasteiger partial charge in [-0.3, -0.25) is 14.4 Å². The van der Waals surface area contributed by atoms with Crippen LogP contribution in [0, 0.1) is 56.2 Å². The van der Waals surface area contributed by atoms with Crippen LogP contribution in [0.5, 0.6) is 0 Å². The van der Waals surface area contributed by atoms with E-state index in [9.17, 15) is 14.4 Å². The number of rotatable bonds is 6. The number of ketones is 1. The van der Waals surface area contributed by atoms with Gasteiger partial charge in [0.25, 0.3) is 0 Å². The van der Waals surface area contributed by atoms with Gasteiger partial charge in [0.1, 0.15) is 0 Å². The van der Waals surface area contributed by atoms with Gasteiger partial charge in [0, 0.05) is 12.0 Å². The molecule has 0 radical (unpaired) electrons. The lowest BCUT2D eigenvalue weighted by atomic mass is 9.33. The maximum Gasteiger partial charge on any atom is 0.312 e. The molecular formula is C37H60N2O4. The van der Waals surface area contributed by atoms with E-state index >= 15 is 0 Å². The second-order valence-electron chi connectivity index (χ2n) is 17.7. The number of nitrogens with zero attached hydrogens (tertiary/aromatic N) is 1. The van der Waals surface area contributed by atoms with E-state index in [4.69, 9.17) is 4.74 Å². The Labute approximate surface area is 261 Å². The number of hydrogen-bond acceptors (Lipinski definition) is 5. The first-order chi connectivity index (χ1) is 19.9. The van der Waals surface area contributed by atoms with Crippen LogP contribution in [0.15, 0.2) is 11.6 Å². The second kappa shape index (κ2) is 10.7. The van der Waals surface area contributed by atoms with Crippen LogP contribution in [0.2, 0.25) is 0 Å². The van der Waals surface area contributed by atoms with Crippen LogP contribution in [0.25, 0.3) is 0 Å². The SMILES string of the molecule is COC(=O)[C@]12CCC(C)(C)CC1C1=CCC3[C@@]4(C)CC(C(=O)NCCCN(C)C)C(=O)C(C)(C)C4CC[C@@]3(C)[C@]1(C)CC2. The first kappa shape index (κ1) is 32.7. The average molecular weight is 597 g/mol. The number of hydrogen-bond donors (Lipinski definition) is 1. The minimum absolute atomic E-state index is 0.00845. The molecule has 6 nitrogen and oxygen atoms in total. The number of nitrogens with one attached hydrogen (secondary N) is 1. The molecule has 1 amide bonds. The molecule has 43 heavy (non-hydrogen) atoms. The molecule has 5 rings (SSSR count). The highest BCUT2D eigenvalue weighted by atomic mass is 16.5. The van der Waals surface area contributed by atoms with Gasteiger partial charge in [0.05, 0.1) is 18.4 Å². The molecule has 4 saturated carbocycles. The Kier molecular flexibility index (Phi) is 8.13. The number of Topliss-reactive ketones (excluding diaryl/α,β-unsaturated/α-hetero) is 1. The van der Waals surface area contributed by atoms with Gasteiger partial charge in [-0.2, -0.15) is 0 Å². The van der Waals surface area contributed by atoms with Gasteiger partial charge in [-0.1, -0.05) is 60.1 Å². The largest absolute Gasteiger partial charge is 0.469 e. The third kappa shape index (κ3) is 4.77. The third-order valence-electron chi connectivity index (χ3n) is 14.4. The summed E-state index contributed by atoms with van der Waals surface area (Å²) >= 11 is 0. The van der Waals surface area contributed by atoms with Crippen LogP contribution in [0.4, 0.5) is 0 Å². The molecule has 8 atom stereocenters. The molecule has 1 N–H and O–H groups in total. The van der Waals surface area contributed by atoms with Crippen molar-refractivity contribution in [3.05, 3.63) is 11.6 Å². The molecular weight excluding hydrogens is 536 g/mol. The van der Waals surface area contributed by atoms with Gasteiger partial charge < -0.3 is 15.0 Å². The molecule has 0 aromatic heterocycles. The van der Waals surface area contributed by atoms with Gasteiger partial charge in [-0.15, -0.1) is 0 Å². The Balaban J connectivity index is 1.51. The number of esters is 1. The molecule has 4 unspecified atom stereocenters. The predicted molar refractivity (Wildman–Crippen MR) is 171 cm³/mol. The minimum Gasteiger partial charge on any atom is -0.469 e. The van der Waals surface area contributed by atoms with Gasteiger partial charge in [-0.25, -0.2) is 0 Å². The van der Waals surface area contributed by atoms with Crippen LogP contribution in [0.1, 0.15) is 113 Å². The molecule has 5 aliphatic carbocycles. The molecule has 0 heterocycles. The Bertz CT molecular complexity index is 1190. The van der Waals surface area contributed by atoms with Gasteiger partial charge in [-0.05, 0) is 124 Å². The standard InChI is InChI=1S/C37H60N2O4/c1-32(2)16-18-37(31(42)43-10)19-17-35(6)25(26(37)23-32)12-13-28-34(5)22-24(30(41)38-20-11-21-39(8)9)29(40)33(3,4)27(34)14-15-36(28,35)7/h12,24,26-28H,11,13-23H2,1-10H3,(H,38,41)/t24?,26?,27?,28?,34-,35+,36+,37-/m0/s1. The zero-order valence-electron chi connectivity index (χ0n) is 29.0. The molecule has 242 valence electrons. The maximum atomic E-state index is 14.0. The Morgan fingerprint density at radius 3 is 2.28 bits per heavy atom. The van der Waals surface area contributed by atoms with Crippen LogP contribution < -0.4 is 5.32 Å². The fourth-order valence-corrected chi connectivity index (χ4v) is 11.7. The Morgan fingerprint density at radius 1 is 0.953 bits per heavy atom. The highest BCUT2D eigenvalue weighted by molar-refractivity contribution is 6.04.